The van der Waals surface area contributed by atoms with Gasteiger partial charge in [0.15, 0.2) is 17.2 Å². The Hall–Kier alpha value is -4.01. The molecule has 0 fully saturated rings. The van der Waals surface area contributed by atoms with Gasteiger partial charge in [-0.3, -0.25) is 9.59 Å². The van der Waals surface area contributed by atoms with Crippen LogP contribution in [0, 0.1) is 13.8 Å². The van der Waals surface area contributed by atoms with Crippen LogP contribution < -0.4 is 19.6 Å². The average Bonchev–Trinajstić information content (AvgIpc) is 2.87. The molecule has 0 saturated carbocycles. The van der Waals surface area contributed by atoms with E-state index in [1.165, 1.54) is 6.07 Å². The molecule has 3 aromatic rings. The minimum atomic E-state index is -0.347. The summed E-state index contributed by atoms with van der Waals surface area (Å²) in [5, 5.41) is 0.645. The number of ether oxygens (including phenoxy) is 5. The molecule has 1 N–H and O–H groups in total. The van der Waals surface area contributed by atoms with Crippen molar-refractivity contribution in [2.24, 2.45) is 4.99 Å². The monoisotopic (exact) mass is 512 g/mol. The molecule has 3 rings (SSSR count). The summed E-state index contributed by atoms with van der Waals surface area (Å²) in [7, 11) is 3.22. The normalized spacial score (nSPS) is 10.8. The molecule has 37 heavy (non-hydrogen) atoms. The Kier molecular flexibility index (Phi) is 11.5. The average molecular weight is 513 g/mol. The van der Waals surface area contributed by atoms with Crippen LogP contribution in [-0.2, 0) is 14.3 Å². The van der Waals surface area contributed by atoms with Gasteiger partial charge in [0.05, 0.1) is 45.2 Å². The molecule has 0 unspecified atom stereocenters. The zero-order chi connectivity index (χ0) is 27.4. The number of methoxy groups -OCH3 is 2. The Labute approximate surface area is 217 Å². The van der Waals surface area contributed by atoms with Crippen molar-refractivity contribution in [1.82, 2.24) is 4.98 Å². The summed E-state index contributed by atoms with van der Waals surface area (Å²) in [6, 6.07) is 10.6. The summed E-state index contributed by atoms with van der Waals surface area (Å²) < 4.78 is 26.1. The number of aromatic nitrogens is 1. The van der Waals surface area contributed by atoms with E-state index in [4.69, 9.17) is 23.7 Å². The largest absolute Gasteiger partial charge is 0.496 e. The van der Waals surface area contributed by atoms with E-state index in [2.05, 4.69) is 9.98 Å². The maximum atomic E-state index is 11.9. The Balaban J connectivity index is 0.000000263. The fourth-order valence-electron chi connectivity index (χ4n) is 3.57. The summed E-state index contributed by atoms with van der Waals surface area (Å²) in [6.07, 6.45) is 0.0261. The topological polar surface area (TPSA) is 108 Å². The molecule has 0 aliphatic carbocycles. The van der Waals surface area contributed by atoms with Crippen LogP contribution in [0.1, 0.15) is 38.3 Å². The number of aromatic amines is 1. The standard InChI is InChI=1S/C15H21NO4.C13H15NO3/c1-5-19-14(10-15(17)20-6-2)16-12-8-7-9-13(18-4)11(12)3;1-4-17-12-7-10(15)9-5-6-11(16-3)8(2)13(9)14-12/h7-9H,5-6,10H2,1-4H3;5-7H,4H2,1-3H3,(H,14,15). The number of rotatable bonds is 9. The third-order valence-corrected chi connectivity index (χ3v) is 5.34. The molecule has 0 aliphatic heterocycles. The third kappa shape index (κ3) is 7.99. The lowest BCUT2D eigenvalue weighted by Crippen LogP contribution is -2.14. The Bertz CT molecular complexity index is 1280. The van der Waals surface area contributed by atoms with Crippen LogP contribution in [0.4, 0.5) is 5.69 Å². The van der Waals surface area contributed by atoms with Crippen LogP contribution in [0.2, 0.25) is 0 Å². The number of benzene rings is 2. The van der Waals surface area contributed by atoms with Gasteiger partial charge in [0.1, 0.15) is 17.9 Å². The SMILES string of the molecule is CCOC(=O)CC(=Nc1cccc(OC)c1C)OCC.CCOc1cc(=O)c2ccc(OC)c(C)c2[nH]1. The number of carbonyl (C=O) groups excluding carboxylic acids is 1. The van der Waals surface area contributed by atoms with Gasteiger partial charge in [-0.1, -0.05) is 6.07 Å². The van der Waals surface area contributed by atoms with Crippen molar-refractivity contribution in [3.63, 3.8) is 0 Å². The quantitative estimate of drug-likeness (QED) is 0.236. The zero-order valence-corrected chi connectivity index (χ0v) is 22.6. The van der Waals surface area contributed by atoms with E-state index in [9.17, 15) is 9.59 Å². The minimum Gasteiger partial charge on any atom is -0.496 e. The number of aryl methyl sites for hydroxylation is 1. The second-order valence-corrected chi connectivity index (χ2v) is 7.77. The van der Waals surface area contributed by atoms with E-state index in [1.54, 1.807) is 33.3 Å². The Morgan fingerprint density at radius 1 is 0.892 bits per heavy atom. The molecule has 1 aromatic heterocycles. The van der Waals surface area contributed by atoms with Crippen LogP contribution in [0.5, 0.6) is 17.4 Å². The highest BCUT2D eigenvalue weighted by Crippen LogP contribution is 2.28. The first kappa shape index (κ1) is 29.2. The van der Waals surface area contributed by atoms with E-state index in [0.29, 0.717) is 37.0 Å². The second-order valence-electron chi connectivity index (χ2n) is 7.77. The van der Waals surface area contributed by atoms with E-state index >= 15 is 0 Å². The number of aliphatic imine (C=N–C) groups is 1. The van der Waals surface area contributed by atoms with Gasteiger partial charge >= 0.3 is 5.97 Å². The van der Waals surface area contributed by atoms with Gasteiger partial charge in [-0.05, 0) is 58.9 Å². The molecule has 0 spiro atoms. The highest BCUT2D eigenvalue weighted by molar-refractivity contribution is 5.95. The molecule has 0 radical (unpaired) electrons. The van der Waals surface area contributed by atoms with Crippen LogP contribution in [-0.4, -0.2) is 50.9 Å². The molecular weight excluding hydrogens is 476 g/mol. The Morgan fingerprint density at radius 2 is 1.57 bits per heavy atom. The van der Waals surface area contributed by atoms with Crippen LogP contribution >= 0.6 is 0 Å². The molecule has 9 heteroatoms. The summed E-state index contributed by atoms with van der Waals surface area (Å²) in [5.74, 6) is 1.99. The Morgan fingerprint density at radius 3 is 2.19 bits per heavy atom. The number of hydrogen-bond donors (Lipinski definition) is 1. The maximum Gasteiger partial charge on any atom is 0.315 e. The van der Waals surface area contributed by atoms with Crippen LogP contribution in [0.3, 0.4) is 0 Å². The van der Waals surface area contributed by atoms with E-state index in [0.717, 1.165) is 33.8 Å². The third-order valence-electron chi connectivity index (χ3n) is 5.34. The minimum absolute atomic E-state index is 0.0261. The first-order valence-electron chi connectivity index (χ1n) is 12.1. The number of hydrogen-bond acceptors (Lipinski definition) is 8. The lowest BCUT2D eigenvalue weighted by atomic mass is 10.1. The summed E-state index contributed by atoms with van der Waals surface area (Å²) in [6.45, 7) is 10.6. The smallest absolute Gasteiger partial charge is 0.315 e. The lowest BCUT2D eigenvalue weighted by Gasteiger charge is -2.10. The van der Waals surface area contributed by atoms with Crippen LogP contribution in [0.15, 0.2) is 46.2 Å². The summed E-state index contributed by atoms with van der Waals surface area (Å²) in [4.78, 5) is 30.9. The van der Waals surface area contributed by atoms with Gasteiger partial charge in [0, 0.05) is 22.6 Å². The van der Waals surface area contributed by atoms with Gasteiger partial charge in [0.25, 0.3) is 0 Å². The molecule has 0 amide bonds. The summed E-state index contributed by atoms with van der Waals surface area (Å²) in [5.41, 5.74) is 3.24. The molecule has 0 atom stereocenters. The van der Waals surface area contributed by atoms with Crippen molar-refractivity contribution < 1.29 is 28.5 Å². The van der Waals surface area contributed by atoms with Gasteiger partial charge in [0.2, 0.25) is 0 Å². The van der Waals surface area contributed by atoms with Crippen molar-refractivity contribution in [2.45, 2.75) is 41.0 Å². The number of nitrogens with zero attached hydrogens (tertiary/aromatic N) is 1. The number of fused-ring (bicyclic) bond motifs is 1. The molecule has 0 aliphatic rings. The number of esters is 1. The van der Waals surface area contributed by atoms with Gasteiger partial charge in [-0.25, -0.2) is 4.99 Å². The maximum absolute atomic E-state index is 11.9. The van der Waals surface area contributed by atoms with Gasteiger partial charge in [-0.15, -0.1) is 0 Å². The number of H-pyrrole nitrogens is 1. The van der Waals surface area contributed by atoms with E-state index in [-0.39, 0.29) is 17.8 Å². The highest BCUT2D eigenvalue weighted by atomic mass is 16.5. The fraction of sp³-hybridized carbons (Fsp3) is 0.393. The number of carbonyl (C=O) groups is 1. The molecule has 9 nitrogen and oxygen atoms in total. The lowest BCUT2D eigenvalue weighted by molar-refractivity contribution is -0.141. The molecule has 0 bridgehead atoms. The fourth-order valence-corrected chi connectivity index (χ4v) is 3.57. The van der Waals surface area contributed by atoms with Crippen molar-refractivity contribution in [3.8, 4) is 17.4 Å². The van der Waals surface area contributed by atoms with Gasteiger partial charge in [-0.2, -0.15) is 0 Å². The van der Waals surface area contributed by atoms with Crippen molar-refractivity contribution in [1.29, 1.82) is 0 Å². The first-order valence-corrected chi connectivity index (χ1v) is 12.1. The molecule has 1 heterocycles. The van der Waals surface area contributed by atoms with Crippen molar-refractivity contribution >= 4 is 28.5 Å². The van der Waals surface area contributed by atoms with Crippen LogP contribution in [0.25, 0.3) is 10.9 Å². The highest BCUT2D eigenvalue weighted by Gasteiger charge is 2.12. The van der Waals surface area contributed by atoms with Gasteiger partial charge < -0.3 is 28.7 Å². The predicted molar refractivity (Wildman–Crippen MR) is 145 cm³/mol. The molecule has 2 aromatic carbocycles. The summed E-state index contributed by atoms with van der Waals surface area (Å²) >= 11 is 0. The molecule has 200 valence electrons. The number of nitrogens with one attached hydrogen (secondary N) is 1. The van der Waals surface area contributed by atoms with Crippen molar-refractivity contribution in [3.05, 3.63) is 57.7 Å². The van der Waals surface area contributed by atoms with Crippen molar-refractivity contribution in [2.75, 3.05) is 34.0 Å². The van der Waals surface area contributed by atoms with E-state index in [1.807, 2.05) is 45.9 Å². The number of pyridine rings is 1. The van der Waals surface area contributed by atoms with E-state index < -0.39 is 0 Å². The second kappa shape index (κ2) is 14.5. The molecular formula is C28H36N2O7. The molecule has 0 saturated heterocycles. The first-order chi connectivity index (χ1) is 17.8. The zero-order valence-electron chi connectivity index (χ0n) is 22.6. The predicted octanol–water partition coefficient (Wildman–Crippen LogP) is 5.27.